The Balaban J connectivity index is 2.40. The number of nitrogens with zero attached hydrogens (tertiary/aromatic N) is 2. The topological polar surface area (TPSA) is 25.8 Å². The molecule has 0 N–H and O–H groups in total. The summed E-state index contributed by atoms with van der Waals surface area (Å²) in [5, 5.41) is 2.28. The molecule has 3 rings (SSSR count). The van der Waals surface area contributed by atoms with Gasteiger partial charge in [0.2, 0.25) is 0 Å². The second-order valence-electron chi connectivity index (χ2n) is 4.66. The van der Waals surface area contributed by atoms with Crippen LogP contribution in [0.4, 0.5) is 0 Å². The highest BCUT2D eigenvalue weighted by molar-refractivity contribution is 6.29. The van der Waals surface area contributed by atoms with Gasteiger partial charge in [0.05, 0.1) is 17.1 Å². The van der Waals surface area contributed by atoms with Gasteiger partial charge in [0.15, 0.2) is 7.85 Å². The van der Waals surface area contributed by atoms with Crippen molar-refractivity contribution in [2.45, 2.75) is 0 Å². The Labute approximate surface area is 125 Å². The third-order valence-electron chi connectivity index (χ3n) is 3.43. The van der Waals surface area contributed by atoms with Gasteiger partial charge < -0.3 is 0 Å². The number of benzene rings is 2. The Kier molecular flexibility index (Phi) is 3.40. The summed E-state index contributed by atoms with van der Waals surface area (Å²) < 4.78 is 0. The summed E-state index contributed by atoms with van der Waals surface area (Å²) in [5.41, 5.74) is 3.57. The molecule has 2 nitrogen and oxygen atoms in total. The average molecular weight is 268 g/mol. The maximum atomic E-state index is 5.84. The van der Waals surface area contributed by atoms with Crippen molar-refractivity contribution in [2.24, 2.45) is 0 Å². The smallest absolute Gasteiger partial charge is 0.170 e. The van der Waals surface area contributed by atoms with Crippen molar-refractivity contribution in [1.82, 2.24) is 9.97 Å². The molecule has 98 valence electrons. The molecule has 0 spiro atoms. The molecule has 0 bridgehead atoms. The molecule has 21 heavy (non-hydrogen) atoms. The molecule has 0 aliphatic carbocycles. The van der Waals surface area contributed by atoms with Crippen LogP contribution < -0.4 is 5.72 Å². The highest BCUT2D eigenvalue weighted by atomic mass is 14.9. The third kappa shape index (κ3) is 2.27. The SMILES string of the molecule is [B]c1nc(C=C)c(C=C)c(-c2cccc3ccccc23)n1. The molecule has 0 fully saturated rings. The molecule has 3 heteroatoms. The molecule has 0 saturated heterocycles. The first-order valence-corrected chi connectivity index (χ1v) is 6.65. The summed E-state index contributed by atoms with van der Waals surface area (Å²) in [6.07, 6.45) is 3.41. The Morgan fingerprint density at radius 3 is 2.43 bits per heavy atom. The van der Waals surface area contributed by atoms with Crippen molar-refractivity contribution >= 4 is 36.5 Å². The van der Waals surface area contributed by atoms with Crippen molar-refractivity contribution in [3.63, 3.8) is 0 Å². The minimum Gasteiger partial charge on any atom is -0.245 e. The van der Waals surface area contributed by atoms with Gasteiger partial charge in [-0.05, 0) is 16.8 Å². The number of hydrogen-bond donors (Lipinski definition) is 0. The third-order valence-corrected chi connectivity index (χ3v) is 3.43. The molecule has 0 saturated carbocycles. The fourth-order valence-corrected chi connectivity index (χ4v) is 2.50. The number of hydrogen-bond acceptors (Lipinski definition) is 2. The maximum Gasteiger partial charge on any atom is 0.170 e. The van der Waals surface area contributed by atoms with Crippen LogP contribution in [0.2, 0.25) is 0 Å². The van der Waals surface area contributed by atoms with E-state index in [0.29, 0.717) is 5.69 Å². The zero-order chi connectivity index (χ0) is 14.8. The number of fused-ring (bicyclic) bond motifs is 1. The van der Waals surface area contributed by atoms with Crippen molar-refractivity contribution in [1.29, 1.82) is 0 Å². The molecule has 0 amide bonds. The number of aromatic nitrogens is 2. The Hall–Kier alpha value is -2.68. The second kappa shape index (κ2) is 5.37. The van der Waals surface area contributed by atoms with Crippen LogP contribution in [0.25, 0.3) is 34.2 Å². The van der Waals surface area contributed by atoms with Crippen LogP contribution in [0.5, 0.6) is 0 Å². The fourth-order valence-electron chi connectivity index (χ4n) is 2.50. The molecule has 0 aliphatic heterocycles. The second-order valence-corrected chi connectivity index (χ2v) is 4.66. The lowest BCUT2D eigenvalue weighted by atomic mass is 9.97. The summed E-state index contributed by atoms with van der Waals surface area (Å²) in [6.45, 7) is 7.65. The minimum absolute atomic E-state index is 0.235. The molecule has 0 atom stereocenters. The summed E-state index contributed by atoms with van der Waals surface area (Å²) in [6, 6.07) is 14.3. The summed E-state index contributed by atoms with van der Waals surface area (Å²) >= 11 is 0. The monoisotopic (exact) mass is 268 g/mol. The van der Waals surface area contributed by atoms with Crippen molar-refractivity contribution < 1.29 is 0 Å². The molecule has 3 aromatic rings. The van der Waals surface area contributed by atoms with E-state index in [9.17, 15) is 0 Å². The van der Waals surface area contributed by atoms with Crippen LogP contribution in [-0.4, -0.2) is 17.8 Å². The van der Waals surface area contributed by atoms with Crippen LogP contribution in [0.3, 0.4) is 0 Å². The predicted octanol–water partition coefficient (Wildman–Crippen LogP) is 3.38. The molecular formula is C18H13BN2. The van der Waals surface area contributed by atoms with E-state index in [0.717, 1.165) is 27.6 Å². The van der Waals surface area contributed by atoms with E-state index < -0.39 is 0 Å². The van der Waals surface area contributed by atoms with Crippen LogP contribution in [-0.2, 0) is 0 Å². The van der Waals surface area contributed by atoms with Gasteiger partial charge in [0.25, 0.3) is 0 Å². The van der Waals surface area contributed by atoms with E-state index in [4.69, 9.17) is 7.85 Å². The zero-order valence-corrected chi connectivity index (χ0v) is 11.6. The highest BCUT2D eigenvalue weighted by Gasteiger charge is 2.12. The quantitative estimate of drug-likeness (QED) is 0.680. The van der Waals surface area contributed by atoms with E-state index in [1.54, 1.807) is 12.2 Å². The van der Waals surface area contributed by atoms with Crippen LogP contribution in [0.15, 0.2) is 55.6 Å². The van der Waals surface area contributed by atoms with Crippen LogP contribution in [0, 0.1) is 0 Å². The minimum atomic E-state index is 0.235. The first-order chi connectivity index (χ1) is 10.2. The van der Waals surface area contributed by atoms with Crippen LogP contribution in [0.1, 0.15) is 11.3 Å². The fraction of sp³-hybridized carbons (Fsp3) is 0. The van der Waals surface area contributed by atoms with Gasteiger partial charge in [0.1, 0.15) is 0 Å². The van der Waals surface area contributed by atoms with Gasteiger partial charge in [-0.25, -0.2) is 9.97 Å². The Morgan fingerprint density at radius 1 is 0.905 bits per heavy atom. The largest absolute Gasteiger partial charge is 0.245 e. The van der Waals surface area contributed by atoms with E-state index in [2.05, 4.69) is 41.3 Å². The lowest BCUT2D eigenvalue weighted by molar-refractivity contribution is 1.21. The molecule has 2 radical (unpaired) electrons. The maximum absolute atomic E-state index is 5.84. The van der Waals surface area contributed by atoms with Gasteiger partial charge in [0, 0.05) is 11.1 Å². The lowest BCUT2D eigenvalue weighted by Gasteiger charge is -2.12. The molecule has 2 aromatic carbocycles. The first kappa shape index (κ1) is 13.3. The zero-order valence-electron chi connectivity index (χ0n) is 11.6. The van der Waals surface area contributed by atoms with E-state index in [-0.39, 0.29) is 5.72 Å². The van der Waals surface area contributed by atoms with Crippen molar-refractivity contribution in [3.05, 3.63) is 66.9 Å². The standard InChI is InChI=1S/C18H13BN2/c1-3-13-16(4-2)20-18(19)21-17(13)15-11-7-9-12-8-5-6-10-14(12)15/h3-11H,1-2H2. The molecular weight excluding hydrogens is 255 g/mol. The van der Waals surface area contributed by atoms with E-state index in [1.165, 1.54) is 0 Å². The first-order valence-electron chi connectivity index (χ1n) is 6.65. The molecule has 0 unspecified atom stereocenters. The highest BCUT2D eigenvalue weighted by Crippen LogP contribution is 2.30. The summed E-state index contributed by atoms with van der Waals surface area (Å²) in [7, 11) is 5.84. The lowest BCUT2D eigenvalue weighted by Crippen LogP contribution is -2.17. The van der Waals surface area contributed by atoms with Gasteiger partial charge in [-0.15, -0.1) is 0 Å². The summed E-state index contributed by atoms with van der Waals surface area (Å²) in [4.78, 5) is 8.63. The number of rotatable bonds is 3. The van der Waals surface area contributed by atoms with Gasteiger partial charge in [-0.1, -0.05) is 61.7 Å². The molecule has 0 aliphatic rings. The average Bonchev–Trinajstić information content (AvgIpc) is 2.53. The summed E-state index contributed by atoms with van der Waals surface area (Å²) in [5.74, 6) is 0. The van der Waals surface area contributed by atoms with Crippen LogP contribution >= 0.6 is 0 Å². The van der Waals surface area contributed by atoms with E-state index in [1.807, 2.05) is 24.3 Å². The van der Waals surface area contributed by atoms with Gasteiger partial charge in [-0.2, -0.15) is 0 Å². The van der Waals surface area contributed by atoms with Crippen molar-refractivity contribution in [2.75, 3.05) is 0 Å². The predicted molar refractivity (Wildman–Crippen MR) is 90.5 cm³/mol. The van der Waals surface area contributed by atoms with E-state index >= 15 is 0 Å². The molecule has 1 aromatic heterocycles. The van der Waals surface area contributed by atoms with Crippen molar-refractivity contribution in [3.8, 4) is 11.3 Å². The Bertz CT molecular complexity index is 848. The Morgan fingerprint density at radius 2 is 1.67 bits per heavy atom. The van der Waals surface area contributed by atoms with Gasteiger partial charge in [-0.3, -0.25) is 0 Å². The normalized spacial score (nSPS) is 10.5. The molecule has 1 heterocycles. The van der Waals surface area contributed by atoms with Gasteiger partial charge >= 0.3 is 0 Å².